The SMILES string of the molecule is COCCOc1cc(C)c(OC2CC(C)N(Cc3sc(NC(C)=O)nc3F)C2)cn1. The largest absolute Gasteiger partial charge is 0.487 e. The van der Waals surface area contributed by atoms with E-state index in [1.165, 1.54) is 6.92 Å². The third-order valence-electron chi connectivity index (χ3n) is 4.81. The second-order valence-electron chi connectivity index (χ2n) is 7.30. The lowest BCUT2D eigenvalue weighted by molar-refractivity contribution is -0.114. The van der Waals surface area contributed by atoms with Gasteiger partial charge in [0.05, 0.1) is 17.7 Å². The highest BCUT2D eigenvalue weighted by atomic mass is 32.1. The number of halogens is 1. The van der Waals surface area contributed by atoms with Crippen LogP contribution in [0.1, 0.15) is 30.7 Å². The average molecular weight is 439 g/mol. The van der Waals surface area contributed by atoms with E-state index in [0.717, 1.165) is 23.3 Å². The molecule has 1 fully saturated rings. The highest BCUT2D eigenvalue weighted by Crippen LogP contribution is 2.30. The maximum absolute atomic E-state index is 14.1. The van der Waals surface area contributed by atoms with Crippen LogP contribution in [0.15, 0.2) is 12.3 Å². The first-order valence-corrected chi connectivity index (χ1v) is 10.6. The molecule has 2 aromatic rings. The Hall–Kier alpha value is -2.30. The molecule has 3 heterocycles. The molecule has 0 radical (unpaired) electrons. The van der Waals surface area contributed by atoms with E-state index in [2.05, 4.69) is 27.1 Å². The van der Waals surface area contributed by atoms with E-state index < -0.39 is 5.95 Å². The summed E-state index contributed by atoms with van der Waals surface area (Å²) in [6.45, 7) is 7.45. The predicted molar refractivity (Wildman–Crippen MR) is 112 cm³/mol. The summed E-state index contributed by atoms with van der Waals surface area (Å²) in [5.41, 5.74) is 0.942. The van der Waals surface area contributed by atoms with Crippen LogP contribution < -0.4 is 14.8 Å². The van der Waals surface area contributed by atoms with E-state index in [1.807, 2.05) is 13.0 Å². The number of hydrogen-bond donors (Lipinski definition) is 1. The summed E-state index contributed by atoms with van der Waals surface area (Å²) in [4.78, 5) is 21.9. The molecular weight excluding hydrogens is 411 g/mol. The molecule has 0 aromatic carbocycles. The number of amides is 1. The zero-order chi connectivity index (χ0) is 21.7. The number of rotatable bonds is 9. The summed E-state index contributed by atoms with van der Waals surface area (Å²) in [6.07, 6.45) is 2.48. The van der Waals surface area contributed by atoms with Crippen LogP contribution in [0.5, 0.6) is 11.6 Å². The smallest absolute Gasteiger partial charge is 0.230 e. The van der Waals surface area contributed by atoms with Crippen LogP contribution in [-0.4, -0.2) is 59.8 Å². The van der Waals surface area contributed by atoms with E-state index in [-0.39, 0.29) is 23.2 Å². The first kappa shape index (κ1) is 22.4. The number of carbonyl (C=O) groups is 1. The Balaban J connectivity index is 1.57. The Bertz CT molecular complexity index is 878. The van der Waals surface area contributed by atoms with Crippen molar-refractivity contribution in [2.24, 2.45) is 0 Å². The number of likely N-dealkylation sites (tertiary alicyclic amines) is 1. The summed E-state index contributed by atoms with van der Waals surface area (Å²) in [6, 6.07) is 2.07. The summed E-state index contributed by atoms with van der Waals surface area (Å²) < 4.78 is 30.8. The van der Waals surface area contributed by atoms with Gasteiger partial charge in [0.15, 0.2) is 5.13 Å². The van der Waals surface area contributed by atoms with Gasteiger partial charge in [0.2, 0.25) is 17.7 Å². The minimum Gasteiger partial charge on any atom is -0.487 e. The molecule has 1 aliphatic heterocycles. The van der Waals surface area contributed by atoms with Crippen molar-refractivity contribution in [3.63, 3.8) is 0 Å². The molecule has 1 aliphatic rings. The molecule has 0 bridgehead atoms. The number of nitrogens with zero attached hydrogens (tertiary/aromatic N) is 3. The number of nitrogens with one attached hydrogen (secondary N) is 1. The number of methoxy groups -OCH3 is 1. The number of carbonyl (C=O) groups excluding carboxylic acids is 1. The van der Waals surface area contributed by atoms with E-state index in [0.29, 0.717) is 42.8 Å². The van der Waals surface area contributed by atoms with Crippen LogP contribution >= 0.6 is 11.3 Å². The van der Waals surface area contributed by atoms with Gasteiger partial charge >= 0.3 is 0 Å². The van der Waals surface area contributed by atoms with Crippen molar-refractivity contribution in [1.29, 1.82) is 0 Å². The Labute approximate surface area is 179 Å². The van der Waals surface area contributed by atoms with Crippen molar-refractivity contribution in [1.82, 2.24) is 14.9 Å². The molecule has 1 N–H and O–H groups in total. The van der Waals surface area contributed by atoms with Gasteiger partial charge in [0, 0.05) is 45.7 Å². The van der Waals surface area contributed by atoms with Crippen LogP contribution in [-0.2, 0) is 16.1 Å². The fourth-order valence-corrected chi connectivity index (χ4v) is 4.21. The van der Waals surface area contributed by atoms with E-state index in [1.54, 1.807) is 13.3 Å². The quantitative estimate of drug-likeness (QED) is 0.603. The summed E-state index contributed by atoms with van der Waals surface area (Å²) >= 11 is 1.16. The molecule has 164 valence electrons. The topological polar surface area (TPSA) is 85.8 Å². The number of aryl methyl sites for hydroxylation is 1. The van der Waals surface area contributed by atoms with Crippen LogP contribution in [0.3, 0.4) is 0 Å². The second-order valence-corrected chi connectivity index (χ2v) is 8.38. The Morgan fingerprint density at radius 1 is 1.43 bits per heavy atom. The Morgan fingerprint density at radius 2 is 2.23 bits per heavy atom. The van der Waals surface area contributed by atoms with Gasteiger partial charge in [-0.1, -0.05) is 11.3 Å². The number of hydrogen-bond acceptors (Lipinski definition) is 8. The van der Waals surface area contributed by atoms with Crippen molar-refractivity contribution < 1.29 is 23.4 Å². The van der Waals surface area contributed by atoms with Gasteiger partial charge in [-0.2, -0.15) is 9.37 Å². The maximum atomic E-state index is 14.1. The standard InChI is InChI=1S/C20H27FN4O4S/c1-12-7-18(28-6-5-27-4)22-9-16(12)29-15-8-13(2)25(10-15)11-17-19(21)24-20(30-17)23-14(3)26/h7,9,13,15H,5-6,8,10-11H2,1-4H3,(H,23,24,26). The number of pyridine rings is 1. The summed E-state index contributed by atoms with van der Waals surface area (Å²) in [5, 5.41) is 2.81. The van der Waals surface area contributed by atoms with Crippen LogP contribution in [0.25, 0.3) is 0 Å². The van der Waals surface area contributed by atoms with Crippen LogP contribution in [0.2, 0.25) is 0 Å². The molecule has 1 amide bonds. The monoisotopic (exact) mass is 438 g/mol. The van der Waals surface area contributed by atoms with Gasteiger partial charge in [-0.05, 0) is 19.4 Å². The fourth-order valence-electron chi connectivity index (χ4n) is 3.30. The van der Waals surface area contributed by atoms with Gasteiger partial charge in [-0.3, -0.25) is 9.69 Å². The van der Waals surface area contributed by atoms with Gasteiger partial charge in [-0.15, -0.1) is 0 Å². The molecule has 0 saturated carbocycles. The number of aromatic nitrogens is 2. The highest BCUT2D eigenvalue weighted by Gasteiger charge is 2.32. The lowest BCUT2D eigenvalue weighted by atomic mass is 10.2. The molecule has 2 atom stereocenters. The van der Waals surface area contributed by atoms with Gasteiger partial charge < -0.3 is 19.5 Å². The first-order valence-electron chi connectivity index (χ1n) is 9.77. The molecule has 10 heteroatoms. The molecule has 0 spiro atoms. The molecule has 0 aliphatic carbocycles. The minimum atomic E-state index is -0.538. The molecule has 1 saturated heterocycles. The second kappa shape index (κ2) is 10.1. The average Bonchev–Trinajstić information content (AvgIpc) is 3.19. The zero-order valence-corrected chi connectivity index (χ0v) is 18.4. The minimum absolute atomic E-state index is 0.0217. The first-order chi connectivity index (χ1) is 14.4. The molecule has 2 aromatic heterocycles. The molecule has 8 nitrogen and oxygen atoms in total. The zero-order valence-electron chi connectivity index (χ0n) is 17.6. The summed E-state index contributed by atoms with van der Waals surface area (Å²) in [5.74, 6) is 0.445. The summed E-state index contributed by atoms with van der Waals surface area (Å²) in [7, 11) is 1.62. The molecular formula is C20H27FN4O4S. The number of anilines is 1. The third-order valence-corrected chi connectivity index (χ3v) is 5.74. The van der Waals surface area contributed by atoms with Crippen LogP contribution in [0.4, 0.5) is 9.52 Å². The number of ether oxygens (including phenoxy) is 3. The fraction of sp³-hybridized carbons (Fsp3) is 0.550. The van der Waals surface area contributed by atoms with Crippen molar-refractivity contribution in [2.75, 3.05) is 32.2 Å². The number of thiazole rings is 1. The third kappa shape index (κ3) is 5.87. The lowest BCUT2D eigenvalue weighted by Crippen LogP contribution is -2.28. The van der Waals surface area contributed by atoms with E-state index in [9.17, 15) is 9.18 Å². The molecule has 3 rings (SSSR count). The predicted octanol–water partition coefficient (Wildman–Crippen LogP) is 3.01. The maximum Gasteiger partial charge on any atom is 0.230 e. The van der Waals surface area contributed by atoms with Gasteiger partial charge in [-0.25, -0.2) is 4.98 Å². The van der Waals surface area contributed by atoms with Crippen LogP contribution in [0, 0.1) is 12.9 Å². The molecule has 2 unspecified atom stereocenters. The lowest BCUT2D eigenvalue weighted by Gasteiger charge is -2.19. The Kier molecular flexibility index (Phi) is 7.57. The highest BCUT2D eigenvalue weighted by molar-refractivity contribution is 7.15. The van der Waals surface area contributed by atoms with E-state index in [4.69, 9.17) is 14.2 Å². The molecule has 30 heavy (non-hydrogen) atoms. The van der Waals surface area contributed by atoms with Gasteiger partial charge in [0.1, 0.15) is 18.5 Å². The van der Waals surface area contributed by atoms with E-state index >= 15 is 0 Å². The normalized spacial score (nSPS) is 19.1. The van der Waals surface area contributed by atoms with Crippen molar-refractivity contribution in [2.45, 2.75) is 45.9 Å². The van der Waals surface area contributed by atoms with Crippen molar-refractivity contribution >= 4 is 22.4 Å². The van der Waals surface area contributed by atoms with Gasteiger partial charge in [0.25, 0.3) is 0 Å². The van der Waals surface area contributed by atoms with Crippen molar-refractivity contribution in [3.05, 3.63) is 28.7 Å². The van der Waals surface area contributed by atoms with Crippen molar-refractivity contribution in [3.8, 4) is 11.6 Å². The Morgan fingerprint density at radius 3 is 2.93 bits per heavy atom.